The van der Waals surface area contributed by atoms with Gasteiger partial charge in [0, 0.05) is 43.3 Å². The summed E-state index contributed by atoms with van der Waals surface area (Å²) < 4.78 is 0.972. The molecule has 6 heteroatoms. The number of halogens is 1. The van der Waals surface area contributed by atoms with Crippen LogP contribution in [0, 0.1) is 5.41 Å². The third-order valence-electron chi connectivity index (χ3n) is 4.22. The zero-order valence-electron chi connectivity index (χ0n) is 14.7. The standard InChI is InChI=1S/C18H27BrN4O/c1-18(2)9-12-23(13-18)17(20-3)22-11-4-10-21-16(24)14-5-7-15(19)8-6-14/h5-8H,4,9-13H2,1-3H3,(H,20,22)(H,21,24). The van der Waals surface area contributed by atoms with E-state index in [0.717, 1.165) is 36.5 Å². The Balaban J connectivity index is 1.67. The highest BCUT2D eigenvalue weighted by Crippen LogP contribution is 2.28. The van der Waals surface area contributed by atoms with Gasteiger partial charge in [0.2, 0.25) is 0 Å². The largest absolute Gasteiger partial charge is 0.356 e. The van der Waals surface area contributed by atoms with Gasteiger partial charge in [0.05, 0.1) is 0 Å². The Bertz CT molecular complexity index is 583. The normalized spacial score (nSPS) is 17.0. The highest BCUT2D eigenvalue weighted by molar-refractivity contribution is 9.10. The molecule has 2 rings (SSSR count). The summed E-state index contributed by atoms with van der Waals surface area (Å²) in [5.74, 6) is 0.924. The van der Waals surface area contributed by atoms with E-state index in [2.05, 4.69) is 50.3 Å². The number of carbonyl (C=O) groups is 1. The van der Waals surface area contributed by atoms with E-state index < -0.39 is 0 Å². The molecule has 0 radical (unpaired) electrons. The first-order valence-corrected chi connectivity index (χ1v) is 9.20. The number of aliphatic imine (C=N–C) groups is 1. The Morgan fingerprint density at radius 1 is 1.25 bits per heavy atom. The number of hydrogen-bond acceptors (Lipinski definition) is 2. The van der Waals surface area contributed by atoms with Gasteiger partial charge in [-0.25, -0.2) is 0 Å². The van der Waals surface area contributed by atoms with Crippen molar-refractivity contribution < 1.29 is 4.79 Å². The average molecular weight is 395 g/mol. The van der Waals surface area contributed by atoms with Gasteiger partial charge in [-0.3, -0.25) is 9.79 Å². The van der Waals surface area contributed by atoms with E-state index in [0.29, 0.717) is 17.5 Å². The van der Waals surface area contributed by atoms with Crippen LogP contribution in [-0.4, -0.2) is 50.0 Å². The van der Waals surface area contributed by atoms with Crippen LogP contribution >= 0.6 is 15.9 Å². The fourth-order valence-electron chi connectivity index (χ4n) is 2.82. The van der Waals surface area contributed by atoms with Crippen LogP contribution in [0.1, 0.15) is 37.0 Å². The fraction of sp³-hybridized carbons (Fsp3) is 0.556. The van der Waals surface area contributed by atoms with Crippen LogP contribution in [0.3, 0.4) is 0 Å². The molecule has 0 spiro atoms. The predicted octanol–water partition coefficient (Wildman–Crippen LogP) is 2.88. The molecule has 1 aliphatic heterocycles. The van der Waals surface area contributed by atoms with Crippen LogP contribution in [0.5, 0.6) is 0 Å². The van der Waals surface area contributed by atoms with Crippen molar-refractivity contribution in [2.75, 3.05) is 33.2 Å². The lowest BCUT2D eigenvalue weighted by molar-refractivity contribution is 0.0953. The van der Waals surface area contributed by atoms with E-state index in [9.17, 15) is 4.79 Å². The Morgan fingerprint density at radius 2 is 1.92 bits per heavy atom. The van der Waals surface area contributed by atoms with Crippen molar-refractivity contribution in [3.63, 3.8) is 0 Å². The summed E-state index contributed by atoms with van der Waals surface area (Å²) >= 11 is 3.37. The number of hydrogen-bond donors (Lipinski definition) is 2. The average Bonchev–Trinajstić information content (AvgIpc) is 2.91. The Hall–Kier alpha value is -1.56. The Morgan fingerprint density at radius 3 is 2.50 bits per heavy atom. The minimum absolute atomic E-state index is 0.0341. The maximum atomic E-state index is 12.0. The van der Waals surface area contributed by atoms with Crippen molar-refractivity contribution >= 4 is 27.8 Å². The molecule has 5 nitrogen and oxygen atoms in total. The Labute approximate surface area is 153 Å². The van der Waals surface area contributed by atoms with E-state index in [1.165, 1.54) is 6.42 Å². The molecule has 1 fully saturated rings. The lowest BCUT2D eigenvalue weighted by Crippen LogP contribution is -2.41. The molecule has 132 valence electrons. The molecule has 0 aliphatic carbocycles. The van der Waals surface area contributed by atoms with Crippen molar-refractivity contribution in [2.45, 2.75) is 26.7 Å². The number of rotatable bonds is 5. The van der Waals surface area contributed by atoms with Gasteiger partial charge in [-0.05, 0) is 42.5 Å². The van der Waals surface area contributed by atoms with Gasteiger partial charge < -0.3 is 15.5 Å². The molecule has 1 saturated heterocycles. The number of nitrogens with zero attached hydrogens (tertiary/aromatic N) is 2. The smallest absolute Gasteiger partial charge is 0.251 e. The van der Waals surface area contributed by atoms with Crippen molar-refractivity contribution in [3.8, 4) is 0 Å². The van der Waals surface area contributed by atoms with E-state index in [1.54, 1.807) is 0 Å². The summed E-state index contributed by atoms with van der Waals surface area (Å²) in [4.78, 5) is 18.7. The van der Waals surface area contributed by atoms with Crippen LogP contribution < -0.4 is 10.6 Å². The van der Waals surface area contributed by atoms with Gasteiger partial charge in [-0.2, -0.15) is 0 Å². The molecule has 1 amide bonds. The first-order valence-electron chi connectivity index (χ1n) is 8.41. The zero-order valence-corrected chi connectivity index (χ0v) is 16.3. The number of benzene rings is 1. The highest BCUT2D eigenvalue weighted by atomic mass is 79.9. The zero-order chi connectivity index (χ0) is 17.6. The van der Waals surface area contributed by atoms with Crippen molar-refractivity contribution in [2.24, 2.45) is 10.4 Å². The molecule has 0 saturated carbocycles. The molecule has 0 unspecified atom stereocenters. The lowest BCUT2D eigenvalue weighted by Gasteiger charge is -2.23. The van der Waals surface area contributed by atoms with Gasteiger partial charge in [0.15, 0.2) is 5.96 Å². The summed E-state index contributed by atoms with van der Waals surface area (Å²) in [6.07, 6.45) is 2.05. The second-order valence-corrected chi connectivity index (χ2v) is 7.84. The maximum absolute atomic E-state index is 12.0. The molecule has 0 aromatic heterocycles. The monoisotopic (exact) mass is 394 g/mol. The van der Waals surface area contributed by atoms with Gasteiger partial charge in [0.1, 0.15) is 0 Å². The SMILES string of the molecule is CN=C(NCCCNC(=O)c1ccc(Br)cc1)N1CCC(C)(C)C1. The summed E-state index contributed by atoms with van der Waals surface area (Å²) in [6, 6.07) is 7.37. The summed E-state index contributed by atoms with van der Waals surface area (Å²) in [7, 11) is 1.82. The van der Waals surface area contributed by atoms with Gasteiger partial charge in [-0.15, -0.1) is 0 Å². The number of carbonyl (C=O) groups excluding carboxylic acids is 1. The molecule has 2 N–H and O–H groups in total. The minimum Gasteiger partial charge on any atom is -0.356 e. The predicted molar refractivity (Wildman–Crippen MR) is 102 cm³/mol. The molecular formula is C18H27BrN4O. The van der Waals surface area contributed by atoms with Gasteiger partial charge in [0.25, 0.3) is 5.91 Å². The Kier molecular flexibility index (Phi) is 6.66. The molecule has 0 atom stereocenters. The first-order chi connectivity index (χ1) is 11.4. The van der Waals surface area contributed by atoms with Crippen LogP contribution in [0.15, 0.2) is 33.7 Å². The highest BCUT2D eigenvalue weighted by Gasteiger charge is 2.30. The molecule has 24 heavy (non-hydrogen) atoms. The quantitative estimate of drug-likeness (QED) is 0.458. The van der Waals surface area contributed by atoms with Gasteiger partial charge in [-0.1, -0.05) is 29.8 Å². The van der Waals surface area contributed by atoms with Crippen LogP contribution in [0.25, 0.3) is 0 Å². The molecule has 1 aromatic carbocycles. The van der Waals surface area contributed by atoms with Crippen molar-refractivity contribution in [1.82, 2.24) is 15.5 Å². The number of guanidine groups is 1. The van der Waals surface area contributed by atoms with E-state index in [-0.39, 0.29) is 5.91 Å². The summed E-state index contributed by atoms with van der Waals surface area (Å²) in [5, 5.41) is 6.33. The maximum Gasteiger partial charge on any atom is 0.251 e. The topological polar surface area (TPSA) is 56.7 Å². The van der Waals surface area contributed by atoms with E-state index >= 15 is 0 Å². The van der Waals surface area contributed by atoms with Crippen LogP contribution in [0.4, 0.5) is 0 Å². The van der Waals surface area contributed by atoms with E-state index in [1.807, 2.05) is 31.3 Å². The number of amides is 1. The first kappa shape index (κ1) is 18.8. The van der Waals surface area contributed by atoms with Crippen LogP contribution in [0.2, 0.25) is 0 Å². The minimum atomic E-state index is -0.0341. The molecule has 0 bridgehead atoms. The molecule has 1 aromatic rings. The summed E-state index contributed by atoms with van der Waals surface area (Å²) in [6.45, 7) is 8.10. The third-order valence-corrected chi connectivity index (χ3v) is 4.75. The second kappa shape index (κ2) is 8.51. The van der Waals surface area contributed by atoms with E-state index in [4.69, 9.17) is 0 Å². The number of nitrogens with one attached hydrogen (secondary N) is 2. The molecule has 1 heterocycles. The number of likely N-dealkylation sites (tertiary alicyclic amines) is 1. The molecular weight excluding hydrogens is 368 g/mol. The fourth-order valence-corrected chi connectivity index (χ4v) is 3.08. The molecule has 1 aliphatic rings. The van der Waals surface area contributed by atoms with Crippen molar-refractivity contribution in [3.05, 3.63) is 34.3 Å². The lowest BCUT2D eigenvalue weighted by atomic mass is 9.93. The summed E-state index contributed by atoms with van der Waals surface area (Å²) in [5.41, 5.74) is 1.04. The second-order valence-electron chi connectivity index (χ2n) is 6.93. The van der Waals surface area contributed by atoms with Crippen molar-refractivity contribution in [1.29, 1.82) is 0 Å². The third kappa shape index (κ3) is 5.51. The van der Waals surface area contributed by atoms with Crippen LogP contribution in [-0.2, 0) is 0 Å². The van der Waals surface area contributed by atoms with Gasteiger partial charge >= 0.3 is 0 Å².